The van der Waals surface area contributed by atoms with Crippen LogP contribution >= 0.6 is 23.2 Å². The van der Waals surface area contributed by atoms with Gasteiger partial charge in [0.1, 0.15) is 18.2 Å². The Hall–Kier alpha value is -1.75. The van der Waals surface area contributed by atoms with E-state index in [2.05, 4.69) is 4.90 Å². The van der Waals surface area contributed by atoms with Crippen LogP contribution in [0.5, 0.6) is 5.75 Å². The molecule has 1 aliphatic heterocycles. The minimum atomic E-state index is 0.399. The second-order valence-electron chi connectivity index (χ2n) is 5.94. The summed E-state index contributed by atoms with van der Waals surface area (Å²) in [5.41, 5.74) is 0.617. The number of nitrogens with one attached hydrogen (secondary N) is 1. The SMILES string of the molecule is N=C(c1c(Cl)cccc1Cl)N1CCN(CCOc2ccccc2)CC1. The molecule has 4 nitrogen and oxygen atoms in total. The number of hydrogen-bond acceptors (Lipinski definition) is 3. The van der Waals surface area contributed by atoms with Gasteiger partial charge < -0.3 is 9.64 Å². The molecule has 1 heterocycles. The summed E-state index contributed by atoms with van der Waals surface area (Å²) in [5, 5.41) is 9.48. The standard InChI is InChI=1S/C19H21Cl2N3O/c20-16-7-4-8-17(21)18(16)19(22)24-11-9-23(10-12-24)13-14-25-15-5-2-1-3-6-15/h1-8,22H,9-14H2. The van der Waals surface area contributed by atoms with Crippen molar-refractivity contribution in [3.63, 3.8) is 0 Å². The van der Waals surface area contributed by atoms with Crippen LogP contribution in [0.2, 0.25) is 10.0 Å². The summed E-state index contributed by atoms with van der Waals surface area (Å²) in [6, 6.07) is 15.2. The number of hydrogen-bond donors (Lipinski definition) is 1. The van der Waals surface area contributed by atoms with Crippen molar-refractivity contribution in [1.82, 2.24) is 9.80 Å². The van der Waals surface area contributed by atoms with Gasteiger partial charge in [-0.1, -0.05) is 47.5 Å². The molecular formula is C19H21Cl2N3O. The van der Waals surface area contributed by atoms with E-state index in [4.69, 9.17) is 33.3 Å². The maximum absolute atomic E-state index is 8.44. The topological polar surface area (TPSA) is 39.6 Å². The van der Waals surface area contributed by atoms with Crippen LogP contribution < -0.4 is 4.74 Å². The quantitative estimate of drug-likeness (QED) is 0.631. The molecule has 1 N–H and O–H groups in total. The molecule has 0 saturated carbocycles. The fourth-order valence-corrected chi connectivity index (χ4v) is 3.46. The minimum Gasteiger partial charge on any atom is -0.492 e. The number of para-hydroxylation sites is 1. The summed E-state index contributed by atoms with van der Waals surface area (Å²) in [7, 11) is 0. The van der Waals surface area contributed by atoms with Gasteiger partial charge in [0.15, 0.2) is 0 Å². The molecule has 0 radical (unpaired) electrons. The van der Waals surface area contributed by atoms with E-state index in [0.29, 0.717) is 28.1 Å². The average Bonchev–Trinajstić information content (AvgIpc) is 2.63. The molecule has 0 unspecified atom stereocenters. The molecule has 3 rings (SSSR count). The fourth-order valence-electron chi connectivity index (χ4n) is 2.89. The van der Waals surface area contributed by atoms with Gasteiger partial charge >= 0.3 is 0 Å². The Labute approximate surface area is 158 Å². The van der Waals surface area contributed by atoms with Crippen LogP contribution in [0.3, 0.4) is 0 Å². The molecule has 1 aliphatic rings. The van der Waals surface area contributed by atoms with Crippen molar-refractivity contribution in [3.05, 3.63) is 64.1 Å². The third-order valence-electron chi connectivity index (χ3n) is 4.31. The van der Waals surface area contributed by atoms with E-state index < -0.39 is 0 Å². The minimum absolute atomic E-state index is 0.399. The predicted molar refractivity (Wildman–Crippen MR) is 103 cm³/mol. The number of rotatable bonds is 5. The van der Waals surface area contributed by atoms with Crippen LogP contribution in [0.25, 0.3) is 0 Å². The molecule has 1 fully saturated rings. The van der Waals surface area contributed by atoms with Gasteiger partial charge in [0.05, 0.1) is 15.6 Å². The van der Waals surface area contributed by atoms with Crippen molar-refractivity contribution in [3.8, 4) is 5.75 Å². The molecule has 0 amide bonds. The molecule has 25 heavy (non-hydrogen) atoms. The maximum atomic E-state index is 8.44. The van der Waals surface area contributed by atoms with Crippen LogP contribution in [0, 0.1) is 5.41 Å². The number of halogens is 2. The lowest BCUT2D eigenvalue weighted by Gasteiger charge is -2.36. The smallest absolute Gasteiger partial charge is 0.131 e. The second-order valence-corrected chi connectivity index (χ2v) is 6.75. The third kappa shape index (κ3) is 4.66. The van der Waals surface area contributed by atoms with Crippen LogP contribution in [0.15, 0.2) is 48.5 Å². The highest BCUT2D eigenvalue weighted by atomic mass is 35.5. The number of ether oxygens (including phenoxy) is 1. The number of benzene rings is 2. The largest absolute Gasteiger partial charge is 0.492 e. The van der Waals surface area contributed by atoms with Crippen molar-refractivity contribution >= 4 is 29.0 Å². The number of piperazine rings is 1. The molecule has 2 aromatic rings. The molecule has 6 heteroatoms. The highest BCUT2D eigenvalue weighted by Crippen LogP contribution is 2.26. The summed E-state index contributed by atoms with van der Waals surface area (Å²) in [6.45, 7) is 4.89. The molecule has 0 bridgehead atoms. The van der Waals surface area contributed by atoms with E-state index in [1.807, 2.05) is 35.2 Å². The van der Waals surface area contributed by atoms with Gasteiger partial charge in [0.2, 0.25) is 0 Å². The molecule has 132 valence electrons. The van der Waals surface area contributed by atoms with Gasteiger partial charge in [-0.25, -0.2) is 0 Å². The van der Waals surface area contributed by atoms with Crippen LogP contribution in [0.1, 0.15) is 5.56 Å². The average molecular weight is 378 g/mol. The predicted octanol–water partition coefficient (Wildman–Crippen LogP) is 4.02. The van der Waals surface area contributed by atoms with Crippen molar-refractivity contribution in [2.24, 2.45) is 0 Å². The Morgan fingerprint density at radius 3 is 2.20 bits per heavy atom. The summed E-state index contributed by atoms with van der Waals surface area (Å²) < 4.78 is 5.75. The van der Waals surface area contributed by atoms with Crippen molar-refractivity contribution in [2.75, 3.05) is 39.3 Å². The molecule has 0 spiro atoms. The molecular weight excluding hydrogens is 357 g/mol. The van der Waals surface area contributed by atoms with E-state index >= 15 is 0 Å². The Morgan fingerprint density at radius 2 is 1.56 bits per heavy atom. The van der Waals surface area contributed by atoms with Crippen molar-refractivity contribution < 1.29 is 4.74 Å². The first-order valence-corrected chi connectivity index (χ1v) is 9.09. The summed E-state index contributed by atoms with van der Waals surface area (Å²) in [5.74, 6) is 1.30. The third-order valence-corrected chi connectivity index (χ3v) is 4.94. The maximum Gasteiger partial charge on any atom is 0.131 e. The lowest BCUT2D eigenvalue weighted by Crippen LogP contribution is -2.49. The van der Waals surface area contributed by atoms with Gasteiger partial charge in [0, 0.05) is 32.7 Å². The van der Waals surface area contributed by atoms with Crippen LogP contribution in [0.4, 0.5) is 0 Å². The van der Waals surface area contributed by atoms with Crippen molar-refractivity contribution in [1.29, 1.82) is 5.41 Å². The van der Waals surface area contributed by atoms with Crippen molar-refractivity contribution in [2.45, 2.75) is 0 Å². The first kappa shape index (κ1) is 18.1. The van der Waals surface area contributed by atoms with E-state index in [9.17, 15) is 0 Å². The first-order chi connectivity index (χ1) is 12.1. The van der Waals surface area contributed by atoms with Gasteiger partial charge in [-0.05, 0) is 24.3 Å². The van der Waals surface area contributed by atoms with E-state index in [-0.39, 0.29) is 0 Å². The highest BCUT2D eigenvalue weighted by Gasteiger charge is 2.22. The zero-order valence-corrected chi connectivity index (χ0v) is 15.4. The Balaban J connectivity index is 1.48. The van der Waals surface area contributed by atoms with Gasteiger partial charge in [-0.3, -0.25) is 10.3 Å². The molecule has 2 aromatic carbocycles. The highest BCUT2D eigenvalue weighted by molar-refractivity contribution is 6.39. The number of amidine groups is 1. The zero-order valence-electron chi connectivity index (χ0n) is 13.9. The first-order valence-electron chi connectivity index (χ1n) is 8.33. The molecule has 0 aromatic heterocycles. The summed E-state index contributed by atoms with van der Waals surface area (Å²) >= 11 is 12.4. The second kappa shape index (κ2) is 8.56. The van der Waals surface area contributed by atoms with Crippen LogP contribution in [-0.2, 0) is 0 Å². The van der Waals surface area contributed by atoms with E-state index in [0.717, 1.165) is 38.5 Å². The molecule has 0 aliphatic carbocycles. The Kier molecular flexibility index (Phi) is 6.19. The van der Waals surface area contributed by atoms with E-state index in [1.165, 1.54) is 0 Å². The summed E-state index contributed by atoms with van der Waals surface area (Å²) in [4.78, 5) is 4.38. The lowest BCUT2D eigenvalue weighted by atomic mass is 10.1. The Morgan fingerprint density at radius 1 is 0.920 bits per heavy atom. The summed E-state index contributed by atoms with van der Waals surface area (Å²) in [6.07, 6.45) is 0. The van der Waals surface area contributed by atoms with Gasteiger partial charge in [-0.2, -0.15) is 0 Å². The van der Waals surface area contributed by atoms with Crippen LogP contribution in [-0.4, -0.2) is 55.0 Å². The lowest BCUT2D eigenvalue weighted by molar-refractivity contribution is 0.154. The van der Waals surface area contributed by atoms with E-state index in [1.54, 1.807) is 18.2 Å². The monoisotopic (exact) mass is 377 g/mol. The Bertz CT molecular complexity index is 696. The molecule has 1 saturated heterocycles. The van der Waals surface area contributed by atoms with Gasteiger partial charge in [0.25, 0.3) is 0 Å². The number of nitrogens with zero attached hydrogens (tertiary/aromatic N) is 2. The zero-order chi connectivity index (χ0) is 17.6. The molecule has 0 atom stereocenters. The normalized spacial score (nSPS) is 15.2. The fraction of sp³-hybridized carbons (Fsp3) is 0.316. The van der Waals surface area contributed by atoms with Gasteiger partial charge in [-0.15, -0.1) is 0 Å².